The molecule has 0 amide bonds. The number of non-ortho nitro benzene ring substituents is 1. The van der Waals surface area contributed by atoms with Gasteiger partial charge in [-0.1, -0.05) is 42.1 Å². The van der Waals surface area contributed by atoms with Crippen molar-refractivity contribution in [3.8, 4) is 23.3 Å². The zero-order valence-electron chi connectivity index (χ0n) is 13.8. The Kier molecular flexibility index (Phi) is 5.02. The molecule has 1 heterocycles. The summed E-state index contributed by atoms with van der Waals surface area (Å²) >= 11 is 1.23. The van der Waals surface area contributed by atoms with Crippen molar-refractivity contribution >= 4 is 23.3 Å². The van der Waals surface area contributed by atoms with E-state index in [4.69, 9.17) is 5.73 Å². The number of nitrogens with two attached hydrogens (primary N) is 1. The Morgan fingerprint density at radius 2 is 1.74 bits per heavy atom. The molecule has 0 atom stereocenters. The summed E-state index contributed by atoms with van der Waals surface area (Å²) < 4.78 is 0. The van der Waals surface area contributed by atoms with Gasteiger partial charge in [-0.2, -0.15) is 10.5 Å². The average molecular weight is 373 g/mol. The van der Waals surface area contributed by atoms with Crippen LogP contribution < -0.4 is 5.73 Å². The molecule has 0 aliphatic rings. The van der Waals surface area contributed by atoms with Crippen LogP contribution >= 0.6 is 11.8 Å². The van der Waals surface area contributed by atoms with Gasteiger partial charge in [-0.25, -0.2) is 4.98 Å². The van der Waals surface area contributed by atoms with Gasteiger partial charge in [-0.3, -0.25) is 10.1 Å². The van der Waals surface area contributed by atoms with Gasteiger partial charge in [0.1, 0.15) is 28.5 Å². The Balaban J connectivity index is 2.26. The van der Waals surface area contributed by atoms with Crippen LogP contribution in [0.1, 0.15) is 11.1 Å². The molecular weight excluding hydrogens is 362 g/mol. The first kappa shape index (κ1) is 17.9. The van der Waals surface area contributed by atoms with E-state index in [0.29, 0.717) is 10.6 Å². The number of nitrogens with zero attached hydrogens (tertiary/aromatic N) is 4. The number of nitro groups is 1. The van der Waals surface area contributed by atoms with E-state index in [2.05, 4.69) is 11.1 Å². The predicted octanol–water partition coefficient (Wildman–Crippen LogP) is 4.13. The summed E-state index contributed by atoms with van der Waals surface area (Å²) in [6.45, 7) is 0. The Morgan fingerprint density at radius 1 is 1.04 bits per heavy atom. The lowest BCUT2D eigenvalue weighted by Crippen LogP contribution is -2.03. The fourth-order valence-corrected chi connectivity index (χ4v) is 3.45. The largest absolute Gasteiger partial charge is 0.383 e. The van der Waals surface area contributed by atoms with E-state index in [9.17, 15) is 20.6 Å². The number of pyridine rings is 1. The third-order valence-corrected chi connectivity index (χ3v) is 4.72. The highest BCUT2D eigenvalue weighted by atomic mass is 32.2. The first-order valence-corrected chi connectivity index (χ1v) is 8.48. The van der Waals surface area contributed by atoms with E-state index in [1.54, 1.807) is 6.07 Å². The van der Waals surface area contributed by atoms with Gasteiger partial charge in [-0.15, -0.1) is 0 Å². The van der Waals surface area contributed by atoms with Crippen LogP contribution in [0.25, 0.3) is 11.1 Å². The topological polar surface area (TPSA) is 130 Å². The fraction of sp³-hybridized carbons (Fsp3) is 0. The maximum Gasteiger partial charge on any atom is 0.270 e. The number of hydrogen-bond acceptors (Lipinski definition) is 7. The van der Waals surface area contributed by atoms with Crippen molar-refractivity contribution < 1.29 is 4.92 Å². The van der Waals surface area contributed by atoms with Crippen molar-refractivity contribution in [3.05, 3.63) is 75.8 Å². The molecule has 0 aliphatic heterocycles. The van der Waals surface area contributed by atoms with Gasteiger partial charge in [0, 0.05) is 22.6 Å². The van der Waals surface area contributed by atoms with Gasteiger partial charge in [0.15, 0.2) is 0 Å². The van der Waals surface area contributed by atoms with Crippen molar-refractivity contribution in [2.75, 3.05) is 5.73 Å². The summed E-state index contributed by atoms with van der Waals surface area (Å²) in [6, 6.07) is 19.1. The van der Waals surface area contributed by atoms with Gasteiger partial charge < -0.3 is 5.73 Å². The second-order valence-corrected chi connectivity index (χ2v) is 6.44. The van der Waals surface area contributed by atoms with Gasteiger partial charge in [0.2, 0.25) is 0 Å². The lowest BCUT2D eigenvalue weighted by atomic mass is 9.96. The van der Waals surface area contributed by atoms with Gasteiger partial charge in [-0.05, 0) is 17.7 Å². The predicted molar refractivity (Wildman–Crippen MR) is 101 cm³/mol. The second-order valence-electron chi connectivity index (χ2n) is 5.37. The van der Waals surface area contributed by atoms with Crippen LogP contribution in [0.5, 0.6) is 0 Å². The number of rotatable bonds is 4. The van der Waals surface area contributed by atoms with Crippen molar-refractivity contribution in [3.63, 3.8) is 0 Å². The number of nitro benzene ring substituents is 1. The third kappa shape index (κ3) is 3.56. The van der Waals surface area contributed by atoms with Gasteiger partial charge >= 0.3 is 0 Å². The normalized spacial score (nSPS) is 10.0. The van der Waals surface area contributed by atoms with Crippen LogP contribution in [0.3, 0.4) is 0 Å². The fourth-order valence-electron chi connectivity index (χ4n) is 2.54. The van der Waals surface area contributed by atoms with E-state index in [-0.39, 0.29) is 28.2 Å². The van der Waals surface area contributed by atoms with Crippen LogP contribution in [-0.2, 0) is 0 Å². The minimum Gasteiger partial charge on any atom is -0.383 e. The number of hydrogen-bond donors (Lipinski definition) is 1. The summed E-state index contributed by atoms with van der Waals surface area (Å²) in [7, 11) is 0. The zero-order valence-corrected chi connectivity index (χ0v) is 14.6. The van der Waals surface area contributed by atoms with E-state index in [0.717, 1.165) is 4.90 Å². The smallest absolute Gasteiger partial charge is 0.270 e. The molecule has 3 aromatic rings. The number of anilines is 1. The van der Waals surface area contributed by atoms with Crippen molar-refractivity contribution in [1.82, 2.24) is 4.98 Å². The summed E-state index contributed by atoms with van der Waals surface area (Å²) in [4.78, 5) is 15.6. The van der Waals surface area contributed by atoms with Crippen molar-refractivity contribution in [2.45, 2.75) is 9.92 Å². The molecule has 27 heavy (non-hydrogen) atoms. The summed E-state index contributed by atoms with van der Waals surface area (Å²) in [6.07, 6.45) is 0. The van der Waals surface area contributed by atoms with Crippen LogP contribution in [0.2, 0.25) is 0 Å². The summed E-state index contributed by atoms with van der Waals surface area (Å²) in [5.74, 6) is -0.0311. The molecule has 7 nitrogen and oxygen atoms in total. The molecule has 2 N–H and O–H groups in total. The molecule has 8 heteroatoms. The van der Waals surface area contributed by atoms with Gasteiger partial charge in [0.25, 0.3) is 5.69 Å². The SMILES string of the molecule is N#Cc1c(N)nc(Sc2ccccc2)c(C#N)c1-c1cccc([N+](=O)[O-])c1. The molecule has 0 unspecified atom stereocenters. The Hall–Kier alpha value is -3.88. The first-order valence-electron chi connectivity index (χ1n) is 7.66. The highest BCUT2D eigenvalue weighted by Gasteiger charge is 2.22. The molecular formula is C19H11N5O2S. The van der Waals surface area contributed by atoms with Crippen LogP contribution in [-0.4, -0.2) is 9.91 Å². The number of nitriles is 2. The van der Waals surface area contributed by atoms with Crippen LogP contribution in [0.4, 0.5) is 11.5 Å². The minimum atomic E-state index is -0.536. The lowest BCUT2D eigenvalue weighted by Gasteiger charge is -2.13. The number of aromatic nitrogens is 1. The molecule has 1 aromatic heterocycles. The van der Waals surface area contributed by atoms with Crippen molar-refractivity contribution in [2.24, 2.45) is 0 Å². The second kappa shape index (κ2) is 7.56. The number of benzene rings is 2. The molecule has 2 aromatic carbocycles. The van der Waals surface area contributed by atoms with Crippen LogP contribution in [0, 0.1) is 32.8 Å². The first-order chi connectivity index (χ1) is 13.0. The van der Waals surface area contributed by atoms with Gasteiger partial charge in [0.05, 0.1) is 10.5 Å². The average Bonchev–Trinajstić information content (AvgIpc) is 2.68. The minimum absolute atomic E-state index is 0.0180. The van der Waals surface area contributed by atoms with E-state index in [1.807, 2.05) is 36.4 Å². The van der Waals surface area contributed by atoms with E-state index in [1.165, 1.54) is 30.0 Å². The van der Waals surface area contributed by atoms with Crippen LogP contribution in [0.15, 0.2) is 64.5 Å². The summed E-state index contributed by atoms with van der Waals surface area (Å²) in [5.41, 5.74) is 6.58. The molecule has 0 bridgehead atoms. The molecule has 0 radical (unpaired) electrons. The standard InChI is InChI=1S/C19H11N5O2S/c20-10-15-17(12-5-4-6-13(9-12)24(25)26)16(11-21)19(23-18(15)22)27-14-7-2-1-3-8-14/h1-9H,(H2,22,23). The number of nitrogen functional groups attached to an aromatic ring is 1. The third-order valence-electron chi connectivity index (χ3n) is 3.72. The molecule has 0 saturated carbocycles. The monoisotopic (exact) mass is 373 g/mol. The molecule has 0 saturated heterocycles. The maximum absolute atomic E-state index is 11.1. The molecule has 130 valence electrons. The quantitative estimate of drug-likeness (QED) is 0.537. The highest BCUT2D eigenvalue weighted by Crippen LogP contribution is 2.38. The van der Waals surface area contributed by atoms with Crippen molar-refractivity contribution in [1.29, 1.82) is 10.5 Å². The Morgan fingerprint density at radius 3 is 2.37 bits per heavy atom. The molecule has 0 fully saturated rings. The Bertz CT molecular complexity index is 1120. The highest BCUT2D eigenvalue weighted by molar-refractivity contribution is 7.99. The lowest BCUT2D eigenvalue weighted by molar-refractivity contribution is -0.384. The van der Waals surface area contributed by atoms with E-state index >= 15 is 0 Å². The molecule has 0 spiro atoms. The zero-order chi connectivity index (χ0) is 19.4. The summed E-state index contributed by atoms with van der Waals surface area (Å²) in [5, 5.41) is 30.7. The molecule has 0 aliphatic carbocycles. The maximum atomic E-state index is 11.1. The Labute approximate surface area is 158 Å². The molecule has 3 rings (SSSR count). The van der Waals surface area contributed by atoms with E-state index < -0.39 is 4.92 Å².